The van der Waals surface area contributed by atoms with E-state index < -0.39 is 24.0 Å². The second-order valence-electron chi connectivity index (χ2n) is 4.30. The number of benzene rings is 1. The number of cyclic esters (lactones) is 1. The van der Waals surface area contributed by atoms with Crippen molar-refractivity contribution in [2.45, 2.75) is 13.0 Å². The third-order valence-corrected chi connectivity index (χ3v) is 2.94. The Morgan fingerprint density at radius 2 is 2.05 bits per heavy atom. The Labute approximate surface area is 121 Å². The van der Waals surface area contributed by atoms with Crippen molar-refractivity contribution in [3.8, 4) is 0 Å². The van der Waals surface area contributed by atoms with Crippen molar-refractivity contribution in [2.75, 3.05) is 13.2 Å². The lowest BCUT2D eigenvalue weighted by molar-refractivity contribution is -0.137. The van der Waals surface area contributed by atoms with Gasteiger partial charge in [-0.1, -0.05) is 30.3 Å². The minimum Gasteiger partial charge on any atom is -0.463 e. The number of rotatable bonds is 4. The highest BCUT2D eigenvalue weighted by Gasteiger charge is 2.37. The minimum atomic E-state index is -0.720. The van der Waals surface area contributed by atoms with E-state index in [2.05, 4.69) is 4.74 Å². The predicted molar refractivity (Wildman–Crippen MR) is 73.2 cm³/mol. The molecule has 1 aliphatic rings. The van der Waals surface area contributed by atoms with Gasteiger partial charge in [-0.25, -0.2) is 14.5 Å². The zero-order valence-electron chi connectivity index (χ0n) is 11.5. The molecule has 0 radical (unpaired) electrons. The van der Waals surface area contributed by atoms with Crippen LogP contribution < -0.4 is 0 Å². The number of hydrogen-bond acceptors (Lipinski definition) is 5. The molecule has 0 bridgehead atoms. The van der Waals surface area contributed by atoms with Gasteiger partial charge >= 0.3 is 12.1 Å². The van der Waals surface area contributed by atoms with E-state index in [0.717, 1.165) is 22.6 Å². The van der Waals surface area contributed by atoms with Crippen molar-refractivity contribution in [1.82, 2.24) is 4.90 Å². The molecule has 1 fully saturated rings. The van der Waals surface area contributed by atoms with Gasteiger partial charge in [0.2, 0.25) is 0 Å². The van der Waals surface area contributed by atoms with Crippen LogP contribution >= 0.6 is 0 Å². The highest BCUT2D eigenvalue weighted by molar-refractivity contribution is 6.02. The largest absolute Gasteiger partial charge is 0.463 e. The first-order valence-corrected chi connectivity index (χ1v) is 6.53. The molecule has 1 saturated heterocycles. The number of amides is 2. The average Bonchev–Trinajstić information content (AvgIpc) is 2.88. The molecule has 0 aliphatic carbocycles. The molecule has 0 unspecified atom stereocenters. The van der Waals surface area contributed by atoms with E-state index in [4.69, 9.17) is 4.74 Å². The zero-order valence-corrected chi connectivity index (χ0v) is 11.5. The Morgan fingerprint density at radius 3 is 2.71 bits per heavy atom. The van der Waals surface area contributed by atoms with Crippen LogP contribution in [0.2, 0.25) is 0 Å². The maximum Gasteiger partial charge on any atom is 0.417 e. The van der Waals surface area contributed by atoms with Crippen molar-refractivity contribution in [2.24, 2.45) is 0 Å². The Bertz CT molecular complexity index is 567. The summed E-state index contributed by atoms with van der Waals surface area (Å²) >= 11 is 0. The smallest absolute Gasteiger partial charge is 0.417 e. The third-order valence-electron chi connectivity index (χ3n) is 2.94. The molecule has 0 N–H and O–H groups in total. The van der Waals surface area contributed by atoms with E-state index in [0.29, 0.717) is 0 Å². The van der Waals surface area contributed by atoms with Gasteiger partial charge in [0.25, 0.3) is 5.91 Å². The van der Waals surface area contributed by atoms with Gasteiger partial charge in [-0.05, 0) is 12.5 Å². The first-order chi connectivity index (χ1) is 10.1. The van der Waals surface area contributed by atoms with E-state index in [1.54, 1.807) is 6.92 Å². The fourth-order valence-electron chi connectivity index (χ4n) is 2.00. The Balaban J connectivity index is 2.14. The summed E-state index contributed by atoms with van der Waals surface area (Å²) in [6, 6.07) is 8.60. The summed E-state index contributed by atoms with van der Waals surface area (Å²) in [6.45, 7) is 1.98. The van der Waals surface area contributed by atoms with Gasteiger partial charge in [-0.2, -0.15) is 0 Å². The van der Waals surface area contributed by atoms with Crippen molar-refractivity contribution >= 4 is 18.0 Å². The highest BCUT2D eigenvalue weighted by atomic mass is 16.6. The molecule has 1 atom stereocenters. The SMILES string of the molecule is CCOC(=O)/C=C/C(=O)N1C(=O)OC[C@@H]1c1ccccc1. The summed E-state index contributed by atoms with van der Waals surface area (Å²) < 4.78 is 9.60. The lowest BCUT2D eigenvalue weighted by Gasteiger charge is -2.18. The van der Waals surface area contributed by atoms with E-state index in [1.807, 2.05) is 30.3 Å². The van der Waals surface area contributed by atoms with Gasteiger partial charge in [0.1, 0.15) is 12.6 Å². The first kappa shape index (κ1) is 14.8. The van der Waals surface area contributed by atoms with Gasteiger partial charge in [0, 0.05) is 12.2 Å². The molecule has 0 saturated carbocycles. The molecule has 1 heterocycles. The molecule has 2 rings (SSSR count). The van der Waals surface area contributed by atoms with Crippen LogP contribution in [-0.4, -0.2) is 36.1 Å². The number of carbonyl (C=O) groups is 3. The molecule has 2 amide bonds. The minimum absolute atomic E-state index is 0.0990. The molecule has 0 aromatic heterocycles. The van der Waals surface area contributed by atoms with E-state index in [-0.39, 0.29) is 13.2 Å². The van der Waals surface area contributed by atoms with E-state index in [9.17, 15) is 14.4 Å². The number of carbonyl (C=O) groups excluding carboxylic acids is 3. The van der Waals surface area contributed by atoms with Crippen LogP contribution in [0.4, 0.5) is 4.79 Å². The van der Waals surface area contributed by atoms with Gasteiger partial charge in [0.15, 0.2) is 0 Å². The number of imide groups is 1. The Morgan fingerprint density at radius 1 is 1.33 bits per heavy atom. The lowest BCUT2D eigenvalue weighted by Crippen LogP contribution is -2.33. The first-order valence-electron chi connectivity index (χ1n) is 6.53. The van der Waals surface area contributed by atoms with Crippen LogP contribution in [0.25, 0.3) is 0 Å². The summed E-state index contributed by atoms with van der Waals surface area (Å²) in [5.41, 5.74) is 0.793. The van der Waals surface area contributed by atoms with Gasteiger partial charge in [0.05, 0.1) is 6.61 Å². The fraction of sp³-hybridized carbons (Fsp3) is 0.267. The van der Waals surface area contributed by atoms with Crippen LogP contribution in [0.5, 0.6) is 0 Å². The summed E-state index contributed by atoms with van der Waals surface area (Å²) in [6.07, 6.45) is 1.29. The molecule has 1 aromatic carbocycles. The topological polar surface area (TPSA) is 72.9 Å². The maximum atomic E-state index is 12.1. The molecule has 6 heteroatoms. The normalized spacial score (nSPS) is 17.9. The van der Waals surface area contributed by atoms with Crippen molar-refractivity contribution in [3.63, 3.8) is 0 Å². The monoisotopic (exact) mass is 289 g/mol. The van der Waals surface area contributed by atoms with Crippen LogP contribution in [0, 0.1) is 0 Å². The molecule has 6 nitrogen and oxygen atoms in total. The average molecular weight is 289 g/mol. The standard InChI is InChI=1S/C15H15NO5/c1-2-20-14(18)9-8-13(17)16-12(10-21-15(16)19)11-6-4-3-5-7-11/h3-9,12H,2,10H2,1H3/b9-8+/t12-/m1/s1. The van der Waals surface area contributed by atoms with Crippen LogP contribution in [-0.2, 0) is 19.1 Å². The summed E-state index contributed by atoms with van der Waals surface area (Å²) in [5.74, 6) is -1.24. The molecule has 0 spiro atoms. The van der Waals surface area contributed by atoms with Gasteiger partial charge in [-0.3, -0.25) is 4.79 Å². The van der Waals surface area contributed by atoms with Crippen LogP contribution in [0.15, 0.2) is 42.5 Å². The third kappa shape index (κ3) is 3.47. The van der Waals surface area contributed by atoms with E-state index >= 15 is 0 Å². The zero-order chi connectivity index (χ0) is 15.2. The molecular weight excluding hydrogens is 274 g/mol. The van der Waals surface area contributed by atoms with Crippen molar-refractivity contribution < 1.29 is 23.9 Å². The lowest BCUT2D eigenvalue weighted by atomic mass is 10.1. The molecule has 1 aromatic rings. The highest BCUT2D eigenvalue weighted by Crippen LogP contribution is 2.27. The maximum absolute atomic E-state index is 12.1. The number of nitrogens with zero attached hydrogens (tertiary/aromatic N) is 1. The van der Waals surface area contributed by atoms with Crippen LogP contribution in [0.3, 0.4) is 0 Å². The number of esters is 1. The number of ether oxygens (including phenoxy) is 2. The fourth-order valence-corrected chi connectivity index (χ4v) is 2.00. The summed E-state index contributed by atoms with van der Waals surface area (Å²) in [4.78, 5) is 36.0. The van der Waals surface area contributed by atoms with Gasteiger partial charge < -0.3 is 9.47 Å². The second-order valence-corrected chi connectivity index (χ2v) is 4.30. The van der Waals surface area contributed by atoms with E-state index in [1.165, 1.54) is 0 Å². The second kappa shape index (κ2) is 6.69. The quantitative estimate of drug-likeness (QED) is 0.624. The molecular formula is C15H15NO5. The molecule has 110 valence electrons. The van der Waals surface area contributed by atoms with Gasteiger partial charge in [-0.15, -0.1) is 0 Å². The summed E-state index contributed by atoms with van der Waals surface area (Å²) in [5, 5.41) is 0. The predicted octanol–water partition coefficient (Wildman–Crippen LogP) is 1.83. The summed E-state index contributed by atoms with van der Waals surface area (Å²) in [7, 11) is 0. The Kier molecular flexibility index (Phi) is 4.71. The van der Waals surface area contributed by atoms with Crippen molar-refractivity contribution in [3.05, 3.63) is 48.0 Å². The molecule has 1 aliphatic heterocycles. The Hall–Kier alpha value is -2.63. The van der Waals surface area contributed by atoms with Crippen LogP contribution in [0.1, 0.15) is 18.5 Å². The number of hydrogen-bond donors (Lipinski definition) is 0. The molecule has 21 heavy (non-hydrogen) atoms. The van der Waals surface area contributed by atoms with Crippen molar-refractivity contribution in [1.29, 1.82) is 0 Å².